The van der Waals surface area contributed by atoms with E-state index >= 15 is 0 Å². The van der Waals surface area contributed by atoms with Crippen molar-refractivity contribution in [3.63, 3.8) is 0 Å². The maximum absolute atomic E-state index is 12.1. The molecule has 0 spiro atoms. The number of nitrogens with two attached hydrogens (primary N) is 1. The molecule has 1 aromatic rings. The summed E-state index contributed by atoms with van der Waals surface area (Å²) >= 11 is 1.64. The molecule has 1 saturated heterocycles. The summed E-state index contributed by atoms with van der Waals surface area (Å²) in [7, 11) is 0. The number of hydrogen-bond donors (Lipinski definition) is 1. The van der Waals surface area contributed by atoms with Crippen LogP contribution in [0, 0.1) is 0 Å². The number of amides is 2. The molecule has 1 atom stereocenters. The van der Waals surface area contributed by atoms with E-state index in [1.165, 1.54) is 17.0 Å². The molecule has 0 bridgehead atoms. The van der Waals surface area contributed by atoms with E-state index in [2.05, 4.69) is 4.74 Å². The molecule has 2 rings (SSSR count). The van der Waals surface area contributed by atoms with Gasteiger partial charge in [-0.25, -0.2) is 4.79 Å². The van der Waals surface area contributed by atoms with Gasteiger partial charge >= 0.3 is 12.4 Å². The zero-order valence-electron chi connectivity index (χ0n) is 10.4. The van der Waals surface area contributed by atoms with Gasteiger partial charge in [0.15, 0.2) is 0 Å². The van der Waals surface area contributed by atoms with Crippen LogP contribution in [0.25, 0.3) is 0 Å². The minimum Gasteiger partial charge on any atom is -0.406 e. The highest BCUT2D eigenvalue weighted by molar-refractivity contribution is 7.99. The molecular weight excluding hydrogens is 293 g/mol. The third-order valence-electron chi connectivity index (χ3n) is 2.86. The third-order valence-corrected chi connectivity index (χ3v) is 4.11. The number of ether oxygens (including phenoxy) is 1. The molecule has 0 aromatic heterocycles. The second kappa shape index (κ2) is 5.82. The molecule has 0 aliphatic carbocycles. The molecule has 1 aromatic carbocycles. The Morgan fingerprint density at radius 3 is 2.55 bits per heavy atom. The monoisotopic (exact) mass is 306 g/mol. The smallest absolute Gasteiger partial charge is 0.406 e. The minimum absolute atomic E-state index is 0.0104. The lowest BCUT2D eigenvalue weighted by Gasteiger charge is -2.31. The standard InChI is InChI=1S/C12H13F3N2O2S/c13-12(14,15)19-9-3-1-8(2-4-9)10-7-17(11(16)18)5-6-20-10/h1-4,10H,5-7H2,(H2,16,18). The summed E-state index contributed by atoms with van der Waals surface area (Å²) in [5, 5.41) is 0.0104. The van der Waals surface area contributed by atoms with Crippen LogP contribution < -0.4 is 10.5 Å². The Morgan fingerprint density at radius 2 is 2.00 bits per heavy atom. The van der Waals surface area contributed by atoms with Gasteiger partial charge in [-0.2, -0.15) is 11.8 Å². The van der Waals surface area contributed by atoms with E-state index in [1.54, 1.807) is 23.9 Å². The first kappa shape index (κ1) is 14.8. The molecule has 2 N–H and O–H groups in total. The first-order chi connectivity index (χ1) is 9.35. The summed E-state index contributed by atoms with van der Waals surface area (Å²) < 4.78 is 40.0. The van der Waals surface area contributed by atoms with Crippen LogP contribution in [0.2, 0.25) is 0 Å². The second-order valence-corrected chi connectivity index (χ2v) is 5.57. The van der Waals surface area contributed by atoms with Crippen molar-refractivity contribution in [3.05, 3.63) is 29.8 Å². The van der Waals surface area contributed by atoms with Crippen molar-refractivity contribution in [1.82, 2.24) is 4.90 Å². The molecule has 20 heavy (non-hydrogen) atoms. The third kappa shape index (κ3) is 3.96. The Morgan fingerprint density at radius 1 is 1.35 bits per heavy atom. The first-order valence-corrected chi connectivity index (χ1v) is 6.92. The van der Waals surface area contributed by atoms with Crippen molar-refractivity contribution < 1.29 is 22.7 Å². The Hall–Kier alpha value is -1.57. The van der Waals surface area contributed by atoms with Gasteiger partial charge in [-0.05, 0) is 17.7 Å². The van der Waals surface area contributed by atoms with Crippen LogP contribution in [0.3, 0.4) is 0 Å². The predicted molar refractivity (Wildman–Crippen MR) is 69.5 cm³/mol. The Kier molecular flexibility index (Phi) is 4.32. The molecule has 0 saturated carbocycles. The van der Waals surface area contributed by atoms with Crippen LogP contribution in [-0.2, 0) is 0 Å². The lowest BCUT2D eigenvalue weighted by molar-refractivity contribution is -0.274. The van der Waals surface area contributed by atoms with Crippen LogP contribution in [0.15, 0.2) is 24.3 Å². The van der Waals surface area contributed by atoms with Crippen molar-refractivity contribution in [1.29, 1.82) is 0 Å². The number of benzene rings is 1. The lowest BCUT2D eigenvalue weighted by atomic mass is 10.1. The predicted octanol–water partition coefficient (Wildman–Crippen LogP) is 2.75. The molecule has 2 amide bonds. The Bertz CT molecular complexity index is 479. The summed E-state index contributed by atoms with van der Waals surface area (Å²) in [4.78, 5) is 12.7. The fraction of sp³-hybridized carbons (Fsp3) is 0.417. The number of urea groups is 1. The van der Waals surface area contributed by atoms with Gasteiger partial charge in [0, 0.05) is 24.1 Å². The maximum atomic E-state index is 12.1. The van der Waals surface area contributed by atoms with Gasteiger partial charge in [0.25, 0.3) is 0 Å². The van der Waals surface area contributed by atoms with Gasteiger partial charge in [0.2, 0.25) is 0 Å². The number of rotatable bonds is 2. The first-order valence-electron chi connectivity index (χ1n) is 5.87. The molecule has 0 radical (unpaired) electrons. The Balaban J connectivity index is 2.04. The summed E-state index contributed by atoms with van der Waals surface area (Å²) in [5.74, 6) is 0.489. The number of primary amides is 1. The van der Waals surface area contributed by atoms with Crippen LogP contribution >= 0.6 is 11.8 Å². The summed E-state index contributed by atoms with van der Waals surface area (Å²) in [5.41, 5.74) is 6.08. The average Bonchev–Trinajstić information content (AvgIpc) is 2.38. The lowest BCUT2D eigenvalue weighted by Crippen LogP contribution is -2.42. The van der Waals surface area contributed by atoms with Gasteiger partial charge in [0.05, 0.1) is 0 Å². The van der Waals surface area contributed by atoms with E-state index < -0.39 is 12.4 Å². The largest absolute Gasteiger partial charge is 0.573 e. The highest BCUT2D eigenvalue weighted by atomic mass is 32.2. The van der Waals surface area contributed by atoms with Gasteiger partial charge in [0.1, 0.15) is 5.75 Å². The topological polar surface area (TPSA) is 55.6 Å². The van der Waals surface area contributed by atoms with Crippen LogP contribution in [0.1, 0.15) is 10.8 Å². The Labute approximate surface area is 118 Å². The molecule has 4 nitrogen and oxygen atoms in total. The van der Waals surface area contributed by atoms with Gasteiger partial charge in [-0.15, -0.1) is 13.2 Å². The highest BCUT2D eigenvalue weighted by Gasteiger charge is 2.31. The number of carbonyl (C=O) groups excluding carboxylic acids is 1. The summed E-state index contributed by atoms with van der Waals surface area (Å²) in [6.45, 7) is 1.05. The van der Waals surface area contributed by atoms with Crippen molar-refractivity contribution in [2.24, 2.45) is 5.73 Å². The number of nitrogens with zero attached hydrogens (tertiary/aromatic N) is 1. The molecule has 1 unspecified atom stereocenters. The number of thioether (sulfide) groups is 1. The van der Waals surface area contributed by atoms with Gasteiger partial charge in [-0.3, -0.25) is 0 Å². The van der Waals surface area contributed by atoms with Crippen molar-refractivity contribution in [2.75, 3.05) is 18.8 Å². The van der Waals surface area contributed by atoms with Crippen molar-refractivity contribution in [2.45, 2.75) is 11.6 Å². The van der Waals surface area contributed by atoms with E-state index in [9.17, 15) is 18.0 Å². The van der Waals surface area contributed by atoms with Gasteiger partial charge in [-0.1, -0.05) is 12.1 Å². The van der Waals surface area contributed by atoms with E-state index in [-0.39, 0.29) is 11.0 Å². The van der Waals surface area contributed by atoms with Crippen LogP contribution in [-0.4, -0.2) is 36.1 Å². The average molecular weight is 306 g/mol. The van der Waals surface area contributed by atoms with Crippen molar-refractivity contribution in [3.8, 4) is 5.75 Å². The zero-order chi connectivity index (χ0) is 14.8. The highest BCUT2D eigenvalue weighted by Crippen LogP contribution is 2.34. The van der Waals surface area contributed by atoms with E-state index in [0.29, 0.717) is 13.1 Å². The number of halogens is 3. The molecule has 8 heteroatoms. The molecule has 1 heterocycles. The summed E-state index contributed by atoms with van der Waals surface area (Å²) in [6, 6.07) is 5.21. The molecule has 1 aliphatic heterocycles. The van der Waals surface area contributed by atoms with E-state index in [0.717, 1.165) is 11.3 Å². The number of alkyl halides is 3. The molecule has 1 aliphatic rings. The normalized spacial score (nSPS) is 19.8. The second-order valence-electron chi connectivity index (χ2n) is 4.26. The number of hydrogen-bond acceptors (Lipinski definition) is 3. The van der Waals surface area contributed by atoms with E-state index in [1.807, 2.05) is 0 Å². The quantitative estimate of drug-likeness (QED) is 0.914. The zero-order valence-corrected chi connectivity index (χ0v) is 11.2. The van der Waals surface area contributed by atoms with Gasteiger partial charge < -0.3 is 15.4 Å². The maximum Gasteiger partial charge on any atom is 0.573 e. The van der Waals surface area contributed by atoms with Crippen LogP contribution in [0.5, 0.6) is 5.75 Å². The molecular formula is C12H13F3N2O2S. The van der Waals surface area contributed by atoms with Crippen LogP contribution in [0.4, 0.5) is 18.0 Å². The van der Waals surface area contributed by atoms with Crippen molar-refractivity contribution >= 4 is 17.8 Å². The molecule has 1 fully saturated rings. The fourth-order valence-electron chi connectivity index (χ4n) is 1.94. The number of carbonyl (C=O) groups is 1. The minimum atomic E-state index is -4.69. The van der Waals surface area contributed by atoms with E-state index in [4.69, 9.17) is 5.73 Å². The SMILES string of the molecule is NC(=O)N1CCSC(c2ccc(OC(F)(F)F)cc2)C1. The summed E-state index contributed by atoms with van der Waals surface area (Å²) in [6.07, 6.45) is -4.69. The fourth-order valence-corrected chi connectivity index (χ4v) is 3.18. The molecule has 110 valence electrons.